The van der Waals surface area contributed by atoms with Crippen molar-refractivity contribution in [1.82, 2.24) is 0 Å². The van der Waals surface area contributed by atoms with Crippen molar-refractivity contribution < 1.29 is 115 Å². The van der Waals surface area contributed by atoms with Crippen LogP contribution in [0.4, 0.5) is 0 Å². The predicted molar refractivity (Wildman–Crippen MR) is 205 cm³/mol. The van der Waals surface area contributed by atoms with Crippen LogP contribution < -0.4 is 0 Å². The van der Waals surface area contributed by atoms with Crippen molar-refractivity contribution in [1.29, 1.82) is 0 Å². The summed E-state index contributed by atoms with van der Waals surface area (Å²) in [6.45, 7) is 0. The largest absolute Gasteiger partial charge is 0.393 e. The molecule has 18 rings (SSSR count). The quantitative estimate of drug-likeness (QED) is 0.110. The van der Waals surface area contributed by atoms with Gasteiger partial charge in [-0.25, -0.2) is 0 Å². The van der Waals surface area contributed by atoms with Gasteiger partial charge in [0.25, 0.3) is 0 Å². The summed E-state index contributed by atoms with van der Waals surface area (Å²) in [6, 6.07) is 0. The van der Waals surface area contributed by atoms with E-state index in [9.17, 15) is 76.7 Å². The first kappa shape index (κ1) is 43.8. The predicted octanol–water partition coefficient (Wildman–Crippen LogP) is -1.98. The summed E-state index contributed by atoms with van der Waals surface area (Å²) in [4.78, 5) is 186. The van der Waals surface area contributed by atoms with Crippen molar-refractivity contribution in [3.63, 3.8) is 0 Å². The van der Waals surface area contributed by atoms with Crippen LogP contribution in [0, 0.1) is 142 Å². The highest BCUT2D eigenvalue weighted by atomic mass is 16.6. The maximum absolute atomic E-state index is 11.8. The Labute approximate surface area is 395 Å². The number of ether oxygens (including phenoxy) is 8. The molecule has 71 heavy (non-hydrogen) atoms. The molecule has 8 aliphatic heterocycles. The minimum atomic E-state index is -0.632. The van der Waals surface area contributed by atoms with Crippen LogP contribution >= 0.6 is 0 Å². The summed E-state index contributed by atoms with van der Waals surface area (Å²) in [5, 5.41) is 0. The Bertz CT molecular complexity index is 2540. The maximum atomic E-state index is 11.8. The second-order valence-corrected chi connectivity index (χ2v) is 21.3. The molecular weight excluding hydrogens is 948 g/mol. The smallest absolute Gasteiger partial charge is 0.318 e. The van der Waals surface area contributed by atoms with Crippen LogP contribution in [-0.4, -0.2) is 95.5 Å². The molecule has 8 heterocycles. The topological polar surface area (TPSA) is 347 Å². The van der Waals surface area contributed by atoms with Gasteiger partial charge in [0.15, 0.2) is 0 Å². The fraction of sp³-hybridized carbons (Fsp3) is 0.617. The summed E-state index contributed by atoms with van der Waals surface area (Å²) in [5.74, 6) is -19.3. The molecule has 18 aliphatic rings. The molecule has 0 aromatic carbocycles. The van der Waals surface area contributed by atoms with Crippen molar-refractivity contribution in [2.45, 2.75) is 32.1 Å². The molecular formula is C47H36O24. The highest BCUT2D eigenvalue weighted by Crippen LogP contribution is 2.65. The first-order valence-corrected chi connectivity index (χ1v) is 23.6. The second-order valence-electron chi connectivity index (χ2n) is 21.3. The molecule has 368 valence electrons. The summed E-state index contributed by atoms with van der Waals surface area (Å²) in [7, 11) is 0. The Morgan fingerprint density at radius 3 is 0.775 bits per heavy atom. The van der Waals surface area contributed by atoms with E-state index in [1.54, 1.807) is 12.2 Å². The van der Waals surface area contributed by atoms with E-state index in [4.69, 9.17) is 0 Å². The number of carbonyl (C=O) groups is 16. The molecule has 10 aliphatic carbocycles. The molecule has 8 saturated heterocycles. The summed E-state index contributed by atoms with van der Waals surface area (Å²) in [6.07, 6.45) is 6.23. The molecule has 0 aromatic heterocycles. The van der Waals surface area contributed by atoms with Gasteiger partial charge < -0.3 is 37.9 Å². The lowest BCUT2D eigenvalue weighted by atomic mass is 9.51. The van der Waals surface area contributed by atoms with E-state index in [0.29, 0.717) is 25.7 Å². The fourth-order valence-corrected chi connectivity index (χ4v) is 16.8. The molecule has 8 saturated carbocycles. The highest BCUT2D eigenvalue weighted by molar-refractivity contribution is 6.05. The molecule has 16 fully saturated rings. The lowest BCUT2D eigenvalue weighted by Crippen LogP contribution is -2.53. The monoisotopic (exact) mass is 984 g/mol. The third-order valence-electron chi connectivity index (χ3n) is 19.0. The van der Waals surface area contributed by atoms with Crippen molar-refractivity contribution in [3.8, 4) is 0 Å². The van der Waals surface area contributed by atoms with E-state index >= 15 is 0 Å². The van der Waals surface area contributed by atoms with Crippen LogP contribution in [0.5, 0.6) is 0 Å². The maximum Gasteiger partial charge on any atom is 0.318 e. The first-order chi connectivity index (χ1) is 33.9. The van der Waals surface area contributed by atoms with Gasteiger partial charge in [-0.2, -0.15) is 0 Å². The Kier molecular flexibility index (Phi) is 9.09. The second kappa shape index (κ2) is 14.7. The van der Waals surface area contributed by atoms with Crippen molar-refractivity contribution in [2.24, 2.45) is 142 Å². The van der Waals surface area contributed by atoms with Crippen LogP contribution in [0.1, 0.15) is 32.1 Å². The molecule has 0 N–H and O–H groups in total. The van der Waals surface area contributed by atoms with Gasteiger partial charge in [-0.15, -0.1) is 0 Å². The number of cyclic esters (lactones) is 16. The zero-order valence-corrected chi connectivity index (χ0v) is 36.3. The average molecular weight is 985 g/mol. The average Bonchev–Trinajstić information content (AvgIpc) is 4.21. The van der Waals surface area contributed by atoms with Gasteiger partial charge in [0.05, 0.1) is 88.8 Å². The Morgan fingerprint density at radius 1 is 0.239 bits per heavy atom. The normalized spacial score (nSPS) is 49.0. The van der Waals surface area contributed by atoms with E-state index < -0.39 is 196 Å². The Balaban J connectivity index is 0.0000000924. The molecule has 24 heteroatoms. The zero-order valence-electron chi connectivity index (χ0n) is 36.3. The molecule has 0 aromatic rings. The number of hydrogen-bond donors (Lipinski definition) is 0. The van der Waals surface area contributed by atoms with Crippen molar-refractivity contribution >= 4 is 95.5 Å². The summed E-state index contributed by atoms with van der Waals surface area (Å²) >= 11 is 0. The van der Waals surface area contributed by atoms with Gasteiger partial charge >= 0.3 is 95.5 Å². The van der Waals surface area contributed by atoms with E-state index in [1.807, 2.05) is 0 Å². The Morgan fingerprint density at radius 2 is 0.465 bits per heavy atom. The van der Waals surface area contributed by atoms with E-state index in [-0.39, 0.29) is 47.8 Å². The van der Waals surface area contributed by atoms with Crippen LogP contribution in [-0.2, 0) is 115 Å². The summed E-state index contributed by atoms with van der Waals surface area (Å²) in [5.41, 5.74) is 0. The van der Waals surface area contributed by atoms with Gasteiger partial charge in [0, 0.05) is 18.3 Å². The molecule has 24 nitrogen and oxygen atoms in total. The minimum Gasteiger partial charge on any atom is -0.393 e. The number of fused-ring (bicyclic) bond motifs is 17. The number of hydrogen-bond acceptors (Lipinski definition) is 24. The summed E-state index contributed by atoms with van der Waals surface area (Å²) < 4.78 is 37.2. The van der Waals surface area contributed by atoms with Gasteiger partial charge in [-0.05, 0) is 67.1 Å². The number of rotatable bonds is 0. The minimum absolute atomic E-state index is 0.0826. The third kappa shape index (κ3) is 5.66. The lowest BCUT2D eigenvalue weighted by molar-refractivity contribution is -0.175. The van der Waals surface area contributed by atoms with Crippen LogP contribution in [0.25, 0.3) is 0 Å². The standard InChI is InChI=1S/2C12H10O6.C12H8O6.C11H8O6/c13-6-2-4-3-1-5(7(4)10(14)17-6)9-8(3)11(15)18-12(9)16;2*13-9-5-3-1-2-4(7(5)11(15)17-9)8-6(3)10(14)18-12(8)16;12-8-4-2-1-3(6(4)10(14)16-8)7-5(2)9(13)17-11(7)15/h3-5,7-9H,1-2H2;3-8H,1-2H2;1-8H;2-7H,1H2. The van der Waals surface area contributed by atoms with Crippen molar-refractivity contribution in [2.75, 3.05) is 0 Å². The van der Waals surface area contributed by atoms with Crippen LogP contribution in [0.15, 0.2) is 12.2 Å². The molecule has 8 bridgehead atoms. The van der Waals surface area contributed by atoms with Gasteiger partial charge in [-0.1, -0.05) is 12.2 Å². The van der Waals surface area contributed by atoms with Gasteiger partial charge in [-0.3, -0.25) is 76.7 Å². The van der Waals surface area contributed by atoms with Gasteiger partial charge in [0.2, 0.25) is 0 Å². The Hall–Kier alpha value is -7.14. The molecule has 18 atom stereocenters. The SMILES string of the molecule is O=C1CC2C3CC(C2C(=O)O1)C1C(=O)OC(=O)C31.O=C1OC(=O)C2C3C=CC(C12)C1C(=O)OC(=O)C31.O=C1OC(=O)C2C3CC(C12)C1C(=O)OC(=O)C31.O=C1OC(=O)C2C3CCC(C12)C1C(=O)OC(=O)C31. The first-order valence-electron chi connectivity index (χ1n) is 23.6. The zero-order chi connectivity index (χ0) is 49.7. The molecule has 0 spiro atoms. The number of allylic oxidation sites excluding steroid dienone is 2. The van der Waals surface area contributed by atoms with Gasteiger partial charge in [0.1, 0.15) is 0 Å². The van der Waals surface area contributed by atoms with Crippen molar-refractivity contribution in [3.05, 3.63) is 12.2 Å². The lowest BCUT2D eigenvalue weighted by Gasteiger charge is -2.46. The van der Waals surface area contributed by atoms with E-state index in [2.05, 4.69) is 37.9 Å². The fourth-order valence-electron chi connectivity index (χ4n) is 16.8. The van der Waals surface area contributed by atoms with E-state index in [1.165, 1.54) is 0 Å². The van der Waals surface area contributed by atoms with E-state index in [0.717, 1.165) is 0 Å². The van der Waals surface area contributed by atoms with Crippen LogP contribution in [0.2, 0.25) is 0 Å². The number of esters is 16. The molecule has 0 amide bonds. The highest BCUT2D eigenvalue weighted by Gasteiger charge is 2.74. The number of carbonyl (C=O) groups excluding carboxylic acids is 16. The third-order valence-corrected chi connectivity index (χ3v) is 19.0. The molecule has 18 unspecified atom stereocenters. The molecule has 0 radical (unpaired) electrons. The van der Waals surface area contributed by atoms with Crippen LogP contribution in [0.3, 0.4) is 0 Å².